The Morgan fingerprint density at radius 1 is 1.13 bits per heavy atom. The molecule has 0 saturated heterocycles. The van der Waals surface area contributed by atoms with Gasteiger partial charge in [-0.25, -0.2) is 12.7 Å². The van der Waals surface area contributed by atoms with Crippen molar-refractivity contribution in [2.75, 3.05) is 18.9 Å². The monoisotopic (exact) mass is 453 g/mol. The van der Waals surface area contributed by atoms with Gasteiger partial charge in [0.05, 0.1) is 22.1 Å². The molecule has 31 heavy (non-hydrogen) atoms. The van der Waals surface area contributed by atoms with Crippen molar-refractivity contribution >= 4 is 21.6 Å². The Labute approximate surface area is 179 Å². The van der Waals surface area contributed by atoms with E-state index in [1.165, 1.54) is 47.8 Å². The second-order valence-electron chi connectivity index (χ2n) is 6.88. The first-order valence-electron chi connectivity index (χ1n) is 9.49. The SMILES string of the molecule is CCCCCN(C)S(=O)(=O)c1ccc(C(=O)Nc2ccc(C#N)c(C(F)(F)F)c2)cc1. The maximum atomic E-state index is 13.1. The molecule has 2 aromatic rings. The van der Waals surface area contributed by atoms with Gasteiger partial charge in [-0.2, -0.15) is 18.4 Å². The Morgan fingerprint density at radius 2 is 1.77 bits per heavy atom. The number of benzene rings is 2. The molecule has 0 heterocycles. The molecule has 1 N–H and O–H groups in total. The topological polar surface area (TPSA) is 90.3 Å². The highest BCUT2D eigenvalue weighted by molar-refractivity contribution is 7.89. The molecule has 166 valence electrons. The lowest BCUT2D eigenvalue weighted by Crippen LogP contribution is -2.28. The molecule has 0 aliphatic carbocycles. The zero-order valence-corrected chi connectivity index (χ0v) is 17.8. The third-order valence-corrected chi connectivity index (χ3v) is 6.48. The van der Waals surface area contributed by atoms with Crippen LogP contribution in [0.2, 0.25) is 0 Å². The van der Waals surface area contributed by atoms with Crippen molar-refractivity contribution in [1.82, 2.24) is 4.31 Å². The molecular weight excluding hydrogens is 431 g/mol. The molecule has 0 bridgehead atoms. The fourth-order valence-corrected chi connectivity index (χ4v) is 4.03. The van der Waals surface area contributed by atoms with E-state index < -0.39 is 33.2 Å². The molecule has 0 aliphatic rings. The minimum Gasteiger partial charge on any atom is -0.322 e. The maximum absolute atomic E-state index is 13.1. The number of anilines is 1. The van der Waals surface area contributed by atoms with Crippen LogP contribution in [0.15, 0.2) is 47.4 Å². The Hall–Kier alpha value is -2.90. The van der Waals surface area contributed by atoms with E-state index in [-0.39, 0.29) is 16.1 Å². The number of nitrogens with one attached hydrogen (secondary N) is 1. The van der Waals surface area contributed by atoms with Gasteiger partial charge in [-0.05, 0) is 48.9 Å². The highest BCUT2D eigenvalue weighted by Gasteiger charge is 2.34. The molecule has 0 aromatic heterocycles. The van der Waals surface area contributed by atoms with Crippen LogP contribution in [0.3, 0.4) is 0 Å². The Kier molecular flexibility index (Phi) is 7.81. The molecule has 1 amide bonds. The summed E-state index contributed by atoms with van der Waals surface area (Å²) in [5.74, 6) is -0.710. The van der Waals surface area contributed by atoms with Crippen LogP contribution in [0.5, 0.6) is 0 Å². The van der Waals surface area contributed by atoms with E-state index in [1.54, 1.807) is 0 Å². The number of sulfonamides is 1. The molecule has 0 unspecified atom stereocenters. The molecule has 2 rings (SSSR count). The molecule has 0 aliphatic heterocycles. The van der Waals surface area contributed by atoms with E-state index in [0.717, 1.165) is 25.3 Å². The second kappa shape index (κ2) is 9.94. The second-order valence-corrected chi connectivity index (χ2v) is 8.93. The van der Waals surface area contributed by atoms with Gasteiger partial charge in [-0.3, -0.25) is 4.79 Å². The fourth-order valence-electron chi connectivity index (χ4n) is 2.82. The number of rotatable bonds is 8. The van der Waals surface area contributed by atoms with Gasteiger partial charge in [0.1, 0.15) is 0 Å². The number of hydrogen-bond acceptors (Lipinski definition) is 4. The van der Waals surface area contributed by atoms with Crippen molar-refractivity contribution in [2.24, 2.45) is 0 Å². The van der Waals surface area contributed by atoms with E-state index in [4.69, 9.17) is 5.26 Å². The molecule has 0 spiro atoms. The lowest BCUT2D eigenvalue weighted by Gasteiger charge is -2.17. The lowest BCUT2D eigenvalue weighted by atomic mass is 10.1. The molecule has 6 nitrogen and oxygen atoms in total. The standard InChI is InChI=1S/C21H22F3N3O3S/c1-3-4-5-12-27(2)31(29,30)18-10-7-15(8-11-18)20(28)26-17-9-6-16(14-25)19(13-17)21(22,23)24/h6-11,13H,3-5,12H2,1-2H3,(H,26,28). The summed E-state index contributed by atoms with van der Waals surface area (Å²) in [5.41, 5.74) is -1.77. The first-order valence-corrected chi connectivity index (χ1v) is 10.9. The van der Waals surface area contributed by atoms with Crippen molar-refractivity contribution < 1.29 is 26.4 Å². The average molecular weight is 453 g/mol. The lowest BCUT2D eigenvalue weighted by molar-refractivity contribution is -0.137. The van der Waals surface area contributed by atoms with Crippen molar-refractivity contribution in [3.05, 3.63) is 59.2 Å². The number of carbonyl (C=O) groups is 1. The van der Waals surface area contributed by atoms with Gasteiger partial charge in [0.25, 0.3) is 5.91 Å². The van der Waals surface area contributed by atoms with Gasteiger partial charge in [0.15, 0.2) is 0 Å². The first kappa shape index (κ1) is 24.4. The Morgan fingerprint density at radius 3 is 2.32 bits per heavy atom. The smallest absolute Gasteiger partial charge is 0.322 e. The van der Waals surface area contributed by atoms with Crippen LogP contribution >= 0.6 is 0 Å². The van der Waals surface area contributed by atoms with Gasteiger partial charge in [0, 0.05) is 24.8 Å². The minimum absolute atomic E-state index is 0.0146. The van der Waals surface area contributed by atoms with Crippen LogP contribution in [0.4, 0.5) is 18.9 Å². The molecule has 0 atom stereocenters. The highest BCUT2D eigenvalue weighted by Crippen LogP contribution is 2.33. The van der Waals surface area contributed by atoms with Crippen molar-refractivity contribution in [3.63, 3.8) is 0 Å². The number of carbonyl (C=O) groups excluding carboxylic acids is 1. The van der Waals surface area contributed by atoms with E-state index in [2.05, 4.69) is 5.32 Å². The van der Waals surface area contributed by atoms with Gasteiger partial charge in [-0.1, -0.05) is 19.8 Å². The first-order chi connectivity index (χ1) is 14.5. The van der Waals surface area contributed by atoms with E-state index in [0.29, 0.717) is 12.6 Å². The molecule has 0 saturated carbocycles. The summed E-state index contributed by atoms with van der Waals surface area (Å²) < 4.78 is 65.6. The molecule has 0 radical (unpaired) electrons. The number of hydrogen-bond donors (Lipinski definition) is 1. The number of unbranched alkanes of at least 4 members (excludes halogenated alkanes) is 2. The van der Waals surface area contributed by atoms with E-state index >= 15 is 0 Å². The summed E-state index contributed by atoms with van der Waals surface area (Å²) in [6.45, 7) is 2.39. The summed E-state index contributed by atoms with van der Waals surface area (Å²) in [7, 11) is -2.22. The molecule has 2 aromatic carbocycles. The van der Waals surface area contributed by atoms with Crippen molar-refractivity contribution in [2.45, 2.75) is 37.3 Å². The summed E-state index contributed by atoms with van der Waals surface area (Å²) in [6, 6.07) is 9.44. The van der Waals surface area contributed by atoms with Gasteiger partial charge in [0.2, 0.25) is 10.0 Å². The van der Waals surface area contributed by atoms with Crippen LogP contribution in [0.1, 0.15) is 47.7 Å². The number of amides is 1. The number of alkyl halides is 3. The third kappa shape index (κ3) is 6.06. The molecule has 10 heteroatoms. The quantitative estimate of drug-likeness (QED) is 0.590. The maximum Gasteiger partial charge on any atom is 0.417 e. The minimum atomic E-state index is -4.75. The summed E-state index contributed by atoms with van der Waals surface area (Å²) in [5, 5.41) is 11.2. The van der Waals surface area contributed by atoms with Gasteiger partial charge < -0.3 is 5.32 Å². The van der Waals surface area contributed by atoms with E-state index in [9.17, 15) is 26.4 Å². The number of nitrogens with zero attached hydrogens (tertiary/aromatic N) is 2. The number of halogens is 3. The third-order valence-electron chi connectivity index (χ3n) is 4.60. The van der Waals surface area contributed by atoms with Crippen LogP contribution in [0, 0.1) is 11.3 Å². The fraction of sp³-hybridized carbons (Fsp3) is 0.333. The summed E-state index contributed by atoms with van der Waals surface area (Å²) in [4.78, 5) is 12.4. The predicted molar refractivity (Wildman–Crippen MR) is 110 cm³/mol. The molecule has 0 fully saturated rings. The number of nitriles is 1. The van der Waals surface area contributed by atoms with Crippen LogP contribution in [0.25, 0.3) is 0 Å². The zero-order valence-electron chi connectivity index (χ0n) is 17.0. The average Bonchev–Trinajstić information content (AvgIpc) is 2.73. The zero-order chi connectivity index (χ0) is 23.2. The van der Waals surface area contributed by atoms with Gasteiger partial charge in [-0.15, -0.1) is 0 Å². The largest absolute Gasteiger partial charge is 0.417 e. The normalized spacial score (nSPS) is 11.9. The molecular formula is C21H22F3N3O3S. The van der Waals surface area contributed by atoms with Crippen molar-refractivity contribution in [1.29, 1.82) is 5.26 Å². The highest BCUT2D eigenvalue weighted by atomic mass is 32.2. The van der Waals surface area contributed by atoms with Crippen LogP contribution < -0.4 is 5.32 Å². The Balaban J connectivity index is 2.17. The van der Waals surface area contributed by atoms with E-state index in [1.807, 2.05) is 6.92 Å². The van der Waals surface area contributed by atoms with Gasteiger partial charge >= 0.3 is 6.18 Å². The van der Waals surface area contributed by atoms with Crippen LogP contribution in [-0.4, -0.2) is 32.2 Å². The van der Waals surface area contributed by atoms with Crippen LogP contribution in [-0.2, 0) is 16.2 Å². The summed E-state index contributed by atoms with van der Waals surface area (Å²) >= 11 is 0. The van der Waals surface area contributed by atoms with Crippen molar-refractivity contribution in [3.8, 4) is 6.07 Å². The predicted octanol–water partition coefficient (Wildman–Crippen LogP) is 4.64. The Bertz CT molecular complexity index is 1080. The summed E-state index contributed by atoms with van der Waals surface area (Å²) in [6.07, 6.45) is -2.14.